The summed E-state index contributed by atoms with van der Waals surface area (Å²) in [7, 11) is -1.30. The molecule has 21 heavy (non-hydrogen) atoms. The minimum Gasteiger partial charge on any atom is -0.493 e. The van der Waals surface area contributed by atoms with Gasteiger partial charge in [0, 0.05) is 24.2 Å². The summed E-state index contributed by atoms with van der Waals surface area (Å²) in [5, 5.41) is 0. The Morgan fingerprint density at radius 2 is 1.86 bits per heavy atom. The van der Waals surface area contributed by atoms with Crippen LogP contribution in [0.2, 0.25) is 0 Å². The number of benzene rings is 1. The van der Waals surface area contributed by atoms with Crippen molar-refractivity contribution in [1.29, 1.82) is 0 Å². The van der Waals surface area contributed by atoms with E-state index in [1.165, 1.54) is 14.2 Å². The molecule has 2 atom stereocenters. The number of sulfonamides is 1. The lowest BCUT2D eigenvalue weighted by molar-refractivity contribution is 0.350. The van der Waals surface area contributed by atoms with Gasteiger partial charge in [0.1, 0.15) is 10.7 Å². The first-order valence-corrected chi connectivity index (χ1v) is 8.07. The van der Waals surface area contributed by atoms with Crippen LogP contribution in [0.1, 0.15) is 19.3 Å². The summed E-state index contributed by atoms with van der Waals surface area (Å²) in [5.41, 5.74) is 5.84. The van der Waals surface area contributed by atoms with Gasteiger partial charge < -0.3 is 15.2 Å². The summed E-state index contributed by atoms with van der Waals surface area (Å²) >= 11 is 0. The lowest BCUT2D eigenvalue weighted by Crippen LogP contribution is -2.44. The molecule has 2 rings (SSSR count). The van der Waals surface area contributed by atoms with E-state index in [9.17, 15) is 12.8 Å². The molecule has 0 aromatic heterocycles. The average Bonchev–Trinajstić information content (AvgIpc) is 2.82. The van der Waals surface area contributed by atoms with Gasteiger partial charge >= 0.3 is 0 Å². The maximum atomic E-state index is 14.0. The molecular formula is C13H19FN2O4S. The van der Waals surface area contributed by atoms with Gasteiger partial charge in [-0.15, -0.1) is 0 Å². The number of hydrogen-bond acceptors (Lipinski definition) is 5. The largest absolute Gasteiger partial charge is 0.493 e. The van der Waals surface area contributed by atoms with E-state index in [4.69, 9.17) is 15.2 Å². The van der Waals surface area contributed by atoms with Gasteiger partial charge in [-0.1, -0.05) is 6.42 Å². The molecule has 0 aliphatic heterocycles. The molecule has 1 saturated carbocycles. The molecule has 0 bridgehead atoms. The average molecular weight is 318 g/mol. The summed E-state index contributed by atoms with van der Waals surface area (Å²) in [6, 6.07) is 1.48. The molecule has 2 unspecified atom stereocenters. The third-order valence-corrected chi connectivity index (χ3v) is 5.11. The normalized spacial score (nSPS) is 22.3. The number of nitrogens with two attached hydrogens (primary N) is 1. The fraction of sp³-hybridized carbons (Fsp3) is 0.538. The first-order chi connectivity index (χ1) is 9.89. The minimum absolute atomic E-state index is 0.131. The quantitative estimate of drug-likeness (QED) is 0.845. The zero-order valence-corrected chi connectivity index (χ0v) is 12.7. The highest BCUT2D eigenvalue weighted by Crippen LogP contribution is 2.32. The number of nitrogens with one attached hydrogen (secondary N) is 1. The number of halogens is 1. The number of methoxy groups -OCH3 is 2. The van der Waals surface area contributed by atoms with E-state index in [-0.39, 0.29) is 23.6 Å². The molecule has 6 nitrogen and oxygen atoms in total. The van der Waals surface area contributed by atoms with Crippen molar-refractivity contribution in [3.63, 3.8) is 0 Å². The highest BCUT2D eigenvalue weighted by atomic mass is 32.2. The van der Waals surface area contributed by atoms with E-state index >= 15 is 0 Å². The second-order valence-corrected chi connectivity index (χ2v) is 6.64. The molecule has 3 N–H and O–H groups in total. The summed E-state index contributed by atoms with van der Waals surface area (Å²) in [6.45, 7) is 0. The van der Waals surface area contributed by atoms with Crippen molar-refractivity contribution >= 4 is 10.0 Å². The molecule has 0 radical (unpaired) electrons. The second-order valence-electron chi connectivity index (χ2n) is 4.96. The smallest absolute Gasteiger partial charge is 0.243 e. The number of hydrogen-bond donors (Lipinski definition) is 2. The standard InChI is InChI=1S/C13H19FN2O4S/c1-19-11-6-8(14)13(7-12(11)20-2)21(17,18)16-10-5-3-4-9(10)15/h6-7,9-10,16H,3-5,15H2,1-2H3. The third kappa shape index (κ3) is 3.28. The predicted octanol–water partition coefficient (Wildman–Crippen LogP) is 1.00. The van der Waals surface area contributed by atoms with Crippen LogP contribution in [0.4, 0.5) is 4.39 Å². The highest BCUT2D eigenvalue weighted by Gasteiger charge is 2.31. The van der Waals surface area contributed by atoms with Crippen LogP contribution < -0.4 is 19.9 Å². The Hall–Kier alpha value is -1.38. The van der Waals surface area contributed by atoms with Crippen LogP contribution >= 0.6 is 0 Å². The molecule has 118 valence electrons. The maximum absolute atomic E-state index is 14.0. The van der Waals surface area contributed by atoms with E-state index in [2.05, 4.69) is 4.72 Å². The Morgan fingerprint density at radius 3 is 2.38 bits per heavy atom. The topological polar surface area (TPSA) is 90.7 Å². The zero-order chi connectivity index (χ0) is 15.6. The molecule has 0 spiro atoms. The summed E-state index contributed by atoms with van der Waals surface area (Å²) < 4.78 is 51.1. The summed E-state index contributed by atoms with van der Waals surface area (Å²) in [6.07, 6.45) is 2.25. The highest BCUT2D eigenvalue weighted by molar-refractivity contribution is 7.89. The SMILES string of the molecule is COc1cc(F)c(S(=O)(=O)NC2CCCC2N)cc1OC. The number of ether oxygens (including phenoxy) is 2. The molecule has 1 aliphatic rings. The first kappa shape index (κ1) is 16.0. The lowest BCUT2D eigenvalue weighted by Gasteiger charge is -2.18. The molecule has 1 aromatic carbocycles. The van der Waals surface area contributed by atoms with Crippen LogP contribution in [0.25, 0.3) is 0 Å². The van der Waals surface area contributed by atoms with Crippen molar-refractivity contribution in [2.45, 2.75) is 36.2 Å². The minimum atomic E-state index is -4.01. The summed E-state index contributed by atoms with van der Waals surface area (Å²) in [4.78, 5) is -0.473. The third-order valence-electron chi connectivity index (χ3n) is 3.60. The molecule has 0 heterocycles. The Labute approximate surface area is 123 Å². The predicted molar refractivity (Wildman–Crippen MR) is 75.4 cm³/mol. The molecule has 0 amide bonds. The van der Waals surface area contributed by atoms with Gasteiger partial charge in [0.25, 0.3) is 0 Å². The van der Waals surface area contributed by atoms with Gasteiger partial charge in [0.05, 0.1) is 14.2 Å². The second kappa shape index (κ2) is 6.17. The van der Waals surface area contributed by atoms with Crippen LogP contribution in [-0.4, -0.2) is 34.7 Å². The fourth-order valence-corrected chi connectivity index (χ4v) is 3.84. The monoisotopic (exact) mass is 318 g/mol. The van der Waals surface area contributed by atoms with Gasteiger partial charge in [-0.3, -0.25) is 0 Å². The van der Waals surface area contributed by atoms with Crippen molar-refractivity contribution < 1.29 is 22.3 Å². The van der Waals surface area contributed by atoms with Crippen LogP contribution in [-0.2, 0) is 10.0 Å². The van der Waals surface area contributed by atoms with Crippen molar-refractivity contribution in [3.05, 3.63) is 17.9 Å². The van der Waals surface area contributed by atoms with Crippen LogP contribution in [0, 0.1) is 5.82 Å². The molecule has 1 aliphatic carbocycles. The van der Waals surface area contributed by atoms with E-state index < -0.39 is 20.7 Å². The lowest BCUT2D eigenvalue weighted by atomic mass is 10.2. The molecule has 8 heteroatoms. The van der Waals surface area contributed by atoms with Crippen molar-refractivity contribution in [1.82, 2.24) is 4.72 Å². The Morgan fingerprint density at radius 1 is 1.24 bits per heavy atom. The molecule has 1 fully saturated rings. The first-order valence-electron chi connectivity index (χ1n) is 6.58. The van der Waals surface area contributed by atoms with E-state index in [1.54, 1.807) is 0 Å². The molecule has 0 saturated heterocycles. The van der Waals surface area contributed by atoms with Gasteiger partial charge in [0.15, 0.2) is 11.5 Å². The van der Waals surface area contributed by atoms with Gasteiger partial charge in [-0.2, -0.15) is 0 Å². The van der Waals surface area contributed by atoms with E-state index in [1.807, 2.05) is 0 Å². The zero-order valence-electron chi connectivity index (χ0n) is 11.9. The van der Waals surface area contributed by atoms with Crippen molar-refractivity contribution in [2.75, 3.05) is 14.2 Å². The van der Waals surface area contributed by atoms with E-state index in [0.717, 1.165) is 25.0 Å². The Kier molecular flexibility index (Phi) is 4.70. The van der Waals surface area contributed by atoms with Crippen molar-refractivity contribution in [2.24, 2.45) is 5.73 Å². The van der Waals surface area contributed by atoms with Gasteiger partial charge in [-0.05, 0) is 12.8 Å². The van der Waals surface area contributed by atoms with Gasteiger partial charge in [0.2, 0.25) is 10.0 Å². The summed E-state index contributed by atoms with van der Waals surface area (Å²) in [5.74, 6) is -0.617. The van der Waals surface area contributed by atoms with Crippen LogP contribution in [0.3, 0.4) is 0 Å². The maximum Gasteiger partial charge on any atom is 0.243 e. The van der Waals surface area contributed by atoms with Crippen LogP contribution in [0.15, 0.2) is 17.0 Å². The fourth-order valence-electron chi connectivity index (χ4n) is 2.44. The molecule has 1 aromatic rings. The van der Waals surface area contributed by atoms with Gasteiger partial charge in [-0.25, -0.2) is 17.5 Å². The Bertz CT molecular complexity index is 621. The van der Waals surface area contributed by atoms with Crippen molar-refractivity contribution in [3.8, 4) is 11.5 Å². The molecular weight excluding hydrogens is 299 g/mol. The Balaban J connectivity index is 2.35. The van der Waals surface area contributed by atoms with Crippen LogP contribution in [0.5, 0.6) is 11.5 Å². The van der Waals surface area contributed by atoms with E-state index in [0.29, 0.717) is 6.42 Å². The number of rotatable bonds is 5.